The van der Waals surface area contributed by atoms with Crippen LogP contribution in [0.1, 0.15) is 11.1 Å². The predicted octanol–water partition coefficient (Wildman–Crippen LogP) is 13.7. The van der Waals surface area contributed by atoms with Gasteiger partial charge in [-0.2, -0.15) is 26.3 Å². The van der Waals surface area contributed by atoms with Crippen molar-refractivity contribution in [2.24, 2.45) is 0 Å². The second-order valence-electron chi connectivity index (χ2n) is 14.3. The molecule has 2 aromatic heterocycles. The van der Waals surface area contributed by atoms with Gasteiger partial charge in [0, 0.05) is 44.0 Å². The lowest BCUT2D eigenvalue weighted by molar-refractivity contribution is -0.301. The topological polar surface area (TPSA) is 9.86 Å². The van der Waals surface area contributed by atoms with Gasteiger partial charge in [-0.05, 0) is 93.3 Å². The molecule has 8 heteroatoms. The summed E-state index contributed by atoms with van der Waals surface area (Å²) in [6.07, 6.45) is 0. The average molecular weight is 733 g/mol. The third-order valence-corrected chi connectivity index (χ3v) is 11.4. The summed E-state index contributed by atoms with van der Waals surface area (Å²) in [6, 6.07) is 49.3. The molecule has 0 saturated heterocycles. The molecule has 8 aromatic carbocycles. The molecule has 0 N–H and O–H groups in total. The summed E-state index contributed by atoms with van der Waals surface area (Å²) in [5, 5.41) is 3.89. The van der Waals surface area contributed by atoms with Crippen LogP contribution in [0.3, 0.4) is 0 Å². The van der Waals surface area contributed by atoms with E-state index in [0.29, 0.717) is 5.69 Å². The first-order valence-corrected chi connectivity index (χ1v) is 17.8. The summed E-state index contributed by atoms with van der Waals surface area (Å²) in [7, 11) is 0. The Balaban J connectivity index is 1.12. The van der Waals surface area contributed by atoms with E-state index in [1.54, 1.807) is 12.1 Å². The Morgan fingerprint density at radius 1 is 0.309 bits per heavy atom. The van der Waals surface area contributed by atoms with E-state index < -0.39 is 28.9 Å². The number of hydrogen-bond acceptors (Lipinski definition) is 0. The number of hydrogen-bond donors (Lipinski definition) is 0. The molecule has 0 spiro atoms. The number of rotatable bonds is 3. The maximum Gasteiger partial charge on any atom is 0.380 e. The van der Waals surface area contributed by atoms with Crippen molar-refractivity contribution >= 4 is 65.2 Å². The van der Waals surface area contributed by atoms with Crippen molar-refractivity contribution in [2.45, 2.75) is 17.8 Å². The fourth-order valence-electron chi connectivity index (χ4n) is 8.92. The molecule has 0 fully saturated rings. The van der Waals surface area contributed by atoms with Gasteiger partial charge >= 0.3 is 17.8 Å². The van der Waals surface area contributed by atoms with Crippen molar-refractivity contribution in [3.8, 4) is 22.5 Å². The maximum absolute atomic E-state index is 15.4. The van der Waals surface area contributed by atoms with Crippen molar-refractivity contribution < 1.29 is 26.3 Å². The molecule has 2 heterocycles. The van der Waals surface area contributed by atoms with Crippen LogP contribution in [0.25, 0.3) is 87.7 Å². The second-order valence-corrected chi connectivity index (χ2v) is 14.3. The van der Waals surface area contributed by atoms with E-state index in [-0.39, 0.29) is 21.5 Å². The van der Waals surface area contributed by atoms with E-state index in [2.05, 4.69) is 53.1 Å². The van der Waals surface area contributed by atoms with Gasteiger partial charge in [0.1, 0.15) is 0 Å². The quantitative estimate of drug-likeness (QED) is 0.126. The molecule has 2 nitrogen and oxygen atoms in total. The highest BCUT2D eigenvalue weighted by Gasteiger charge is 2.79. The summed E-state index contributed by atoms with van der Waals surface area (Å²) in [5.41, 5.74) is 4.92. The van der Waals surface area contributed by atoms with Gasteiger partial charge in [0.2, 0.25) is 0 Å². The van der Waals surface area contributed by atoms with Gasteiger partial charge in [-0.3, -0.25) is 0 Å². The molecule has 0 atom stereocenters. The average Bonchev–Trinajstić information content (AvgIpc) is 3.75. The highest BCUT2D eigenvalue weighted by atomic mass is 19.3. The van der Waals surface area contributed by atoms with Crippen molar-refractivity contribution in [1.29, 1.82) is 0 Å². The Morgan fingerprint density at radius 3 is 1.31 bits per heavy atom. The lowest BCUT2D eigenvalue weighted by Crippen LogP contribution is -2.43. The van der Waals surface area contributed by atoms with E-state index in [1.807, 2.05) is 71.3 Å². The van der Waals surface area contributed by atoms with E-state index in [9.17, 15) is 8.78 Å². The first-order chi connectivity index (χ1) is 26.6. The molecule has 1 aliphatic carbocycles. The van der Waals surface area contributed by atoms with Crippen molar-refractivity contribution in [3.63, 3.8) is 0 Å². The van der Waals surface area contributed by atoms with Crippen LogP contribution in [0.5, 0.6) is 0 Å². The number of halogens is 6. The molecular weight excluding hydrogens is 707 g/mol. The van der Waals surface area contributed by atoms with Gasteiger partial charge in [-0.25, -0.2) is 0 Å². The predicted molar refractivity (Wildman–Crippen MR) is 208 cm³/mol. The standard InChI is InChI=1S/C47H26F6N2/c48-45(49)43-34-15-5-4-12-31(34)36-26-30(20-21-35(36)44(43)46(50,51)47(45,52)53)55-40-17-9-7-14-33(40)38-25-28(19-23-42(38)55)27-18-22-41-37(24-27)32-13-6-8-16-39(32)54(41)29-10-2-1-3-11-29/h1-26H. The molecule has 0 aliphatic heterocycles. The van der Waals surface area contributed by atoms with E-state index >= 15 is 17.6 Å². The molecule has 0 radical (unpaired) electrons. The van der Waals surface area contributed by atoms with Crippen LogP contribution in [0.2, 0.25) is 0 Å². The summed E-state index contributed by atoms with van der Waals surface area (Å²) in [5.74, 6) is -15.7. The van der Waals surface area contributed by atoms with Crippen LogP contribution in [0.4, 0.5) is 26.3 Å². The van der Waals surface area contributed by atoms with Crippen LogP contribution in [-0.2, 0) is 11.8 Å². The summed E-state index contributed by atoms with van der Waals surface area (Å²) in [4.78, 5) is 0. The normalized spacial score (nSPS) is 15.9. The Kier molecular flexibility index (Phi) is 6.26. The fourth-order valence-corrected chi connectivity index (χ4v) is 8.92. The Morgan fingerprint density at radius 2 is 0.745 bits per heavy atom. The zero-order chi connectivity index (χ0) is 37.4. The van der Waals surface area contributed by atoms with Crippen LogP contribution < -0.4 is 0 Å². The third-order valence-electron chi connectivity index (χ3n) is 11.4. The molecular formula is C47H26F6N2. The summed E-state index contributed by atoms with van der Waals surface area (Å²) < 4.78 is 95.4. The van der Waals surface area contributed by atoms with Crippen molar-refractivity contribution in [1.82, 2.24) is 9.13 Å². The summed E-state index contributed by atoms with van der Waals surface area (Å²) >= 11 is 0. The summed E-state index contributed by atoms with van der Waals surface area (Å²) in [6.45, 7) is 0. The second kappa shape index (κ2) is 10.8. The Hall–Kier alpha value is -6.54. The highest BCUT2D eigenvalue weighted by Crippen LogP contribution is 2.66. The minimum absolute atomic E-state index is 0.186. The third kappa shape index (κ3) is 4.06. The largest absolute Gasteiger partial charge is 0.380 e. The number of alkyl halides is 6. The molecule has 266 valence electrons. The number of benzene rings is 8. The molecule has 0 amide bonds. The minimum atomic E-state index is -5.59. The number of fused-ring (bicyclic) bond motifs is 12. The minimum Gasteiger partial charge on any atom is -0.309 e. The maximum atomic E-state index is 15.4. The van der Waals surface area contributed by atoms with Crippen LogP contribution in [-0.4, -0.2) is 15.1 Å². The van der Waals surface area contributed by atoms with Gasteiger partial charge < -0.3 is 9.13 Å². The molecule has 0 saturated carbocycles. The van der Waals surface area contributed by atoms with Crippen LogP contribution in [0.15, 0.2) is 158 Å². The van der Waals surface area contributed by atoms with Crippen molar-refractivity contribution in [3.05, 3.63) is 169 Å². The zero-order valence-corrected chi connectivity index (χ0v) is 28.7. The van der Waals surface area contributed by atoms with Gasteiger partial charge in [0.15, 0.2) is 0 Å². The number of para-hydroxylation sites is 3. The molecule has 0 unspecified atom stereocenters. The lowest BCUT2D eigenvalue weighted by Gasteiger charge is -2.23. The van der Waals surface area contributed by atoms with Gasteiger partial charge in [0.25, 0.3) is 0 Å². The molecule has 11 rings (SSSR count). The number of nitrogens with zero attached hydrogens (tertiary/aromatic N) is 2. The van der Waals surface area contributed by atoms with Gasteiger partial charge in [-0.1, -0.05) is 97.1 Å². The molecule has 1 aliphatic rings. The van der Waals surface area contributed by atoms with Gasteiger partial charge in [-0.15, -0.1) is 0 Å². The van der Waals surface area contributed by atoms with E-state index in [4.69, 9.17) is 0 Å². The molecule has 0 bridgehead atoms. The monoisotopic (exact) mass is 732 g/mol. The fraction of sp³-hybridized carbons (Fsp3) is 0.0638. The molecule has 10 aromatic rings. The Bertz CT molecular complexity index is 3250. The van der Waals surface area contributed by atoms with Crippen LogP contribution in [0, 0.1) is 0 Å². The highest BCUT2D eigenvalue weighted by molar-refractivity contribution is 6.15. The van der Waals surface area contributed by atoms with E-state index in [0.717, 1.165) is 60.4 Å². The lowest BCUT2D eigenvalue weighted by atomic mass is 9.91. The first kappa shape index (κ1) is 31.9. The Labute approximate surface area is 309 Å². The van der Waals surface area contributed by atoms with Gasteiger partial charge in [0.05, 0.1) is 22.1 Å². The SMILES string of the molecule is FC1(F)c2c(c3ccc(-n4c5ccccc5c5cc(-c6ccc7c(c6)c6ccccc6n7-c6ccccc6)ccc54)cc3c3ccccc23)C(F)(F)C1(F)F. The number of aromatic nitrogens is 2. The van der Waals surface area contributed by atoms with E-state index in [1.165, 1.54) is 30.3 Å². The zero-order valence-electron chi connectivity index (χ0n) is 28.7. The van der Waals surface area contributed by atoms with Crippen LogP contribution >= 0.6 is 0 Å². The van der Waals surface area contributed by atoms with Crippen molar-refractivity contribution in [2.75, 3.05) is 0 Å². The molecule has 55 heavy (non-hydrogen) atoms. The smallest absolute Gasteiger partial charge is 0.309 e. The first-order valence-electron chi connectivity index (χ1n) is 17.8.